The van der Waals surface area contributed by atoms with Crippen LogP contribution in [0.4, 0.5) is 0 Å². The Labute approximate surface area is 188 Å². The standard InChI is InChI=1S/C29H24O3/c30-18-8-14-23-13-7-15-26(19-23)28-17-16-27(31-21-24-9-3-1-4-10-24)20-29(28)32-22-25-11-5-2-6-12-25/h1-20H,21-22H2/b14-8+. The van der Waals surface area contributed by atoms with Crippen LogP contribution >= 0.6 is 0 Å². The first-order valence-electron chi connectivity index (χ1n) is 10.5. The summed E-state index contributed by atoms with van der Waals surface area (Å²) in [5, 5.41) is 0. The van der Waals surface area contributed by atoms with Crippen LogP contribution < -0.4 is 9.47 Å². The molecule has 0 saturated carbocycles. The van der Waals surface area contributed by atoms with Crippen molar-refractivity contribution in [3.63, 3.8) is 0 Å². The molecule has 4 aromatic rings. The van der Waals surface area contributed by atoms with Gasteiger partial charge in [-0.1, -0.05) is 84.9 Å². The highest BCUT2D eigenvalue weighted by Gasteiger charge is 2.10. The largest absolute Gasteiger partial charge is 0.489 e. The summed E-state index contributed by atoms with van der Waals surface area (Å²) in [5.41, 5.74) is 5.13. The Morgan fingerprint density at radius 3 is 2.03 bits per heavy atom. The number of hydrogen-bond acceptors (Lipinski definition) is 3. The van der Waals surface area contributed by atoms with Crippen molar-refractivity contribution in [2.75, 3.05) is 0 Å². The van der Waals surface area contributed by atoms with Crippen LogP contribution in [0.5, 0.6) is 11.5 Å². The zero-order valence-corrected chi connectivity index (χ0v) is 17.7. The van der Waals surface area contributed by atoms with Crippen LogP contribution in [0.15, 0.2) is 109 Å². The molecule has 158 valence electrons. The number of benzene rings is 4. The van der Waals surface area contributed by atoms with E-state index in [4.69, 9.17) is 9.47 Å². The maximum atomic E-state index is 10.7. The van der Waals surface area contributed by atoms with Crippen molar-refractivity contribution >= 4 is 12.4 Å². The van der Waals surface area contributed by atoms with Gasteiger partial charge in [0.1, 0.15) is 31.0 Å². The lowest BCUT2D eigenvalue weighted by Crippen LogP contribution is -1.99. The monoisotopic (exact) mass is 420 g/mol. The van der Waals surface area contributed by atoms with Crippen molar-refractivity contribution in [3.8, 4) is 22.6 Å². The second-order valence-corrected chi connectivity index (χ2v) is 7.33. The molecule has 0 atom stereocenters. The molecule has 3 heteroatoms. The van der Waals surface area contributed by atoms with Gasteiger partial charge in [-0.05, 0) is 46.5 Å². The van der Waals surface area contributed by atoms with Gasteiger partial charge in [0.2, 0.25) is 0 Å². The SMILES string of the molecule is O=C/C=C/c1cccc(-c2ccc(OCc3ccccc3)cc2OCc2ccccc2)c1. The minimum atomic E-state index is 0.459. The third-order valence-electron chi connectivity index (χ3n) is 5.00. The first-order chi connectivity index (χ1) is 15.8. The number of carbonyl (C=O) groups excluding carboxylic acids is 1. The number of hydrogen-bond donors (Lipinski definition) is 0. The molecule has 3 nitrogen and oxygen atoms in total. The minimum absolute atomic E-state index is 0.459. The smallest absolute Gasteiger partial charge is 0.142 e. The van der Waals surface area contributed by atoms with E-state index in [1.54, 1.807) is 6.08 Å². The number of rotatable bonds is 9. The van der Waals surface area contributed by atoms with Gasteiger partial charge < -0.3 is 9.47 Å². The molecule has 0 aliphatic heterocycles. The van der Waals surface area contributed by atoms with Crippen LogP contribution in [0.25, 0.3) is 17.2 Å². The summed E-state index contributed by atoms with van der Waals surface area (Å²) in [6.07, 6.45) is 4.06. The summed E-state index contributed by atoms with van der Waals surface area (Å²) in [5.74, 6) is 1.49. The van der Waals surface area contributed by atoms with E-state index < -0.39 is 0 Å². The average Bonchev–Trinajstić information content (AvgIpc) is 2.86. The van der Waals surface area contributed by atoms with Crippen LogP contribution in [-0.4, -0.2) is 6.29 Å². The van der Waals surface area contributed by atoms with E-state index in [1.165, 1.54) is 6.08 Å². The van der Waals surface area contributed by atoms with E-state index in [1.807, 2.05) is 103 Å². The second kappa shape index (κ2) is 10.8. The summed E-state index contributed by atoms with van der Waals surface area (Å²) in [7, 11) is 0. The maximum Gasteiger partial charge on any atom is 0.142 e. The molecule has 0 fully saturated rings. The van der Waals surface area contributed by atoms with Gasteiger partial charge in [-0.3, -0.25) is 4.79 Å². The summed E-state index contributed by atoms with van der Waals surface area (Å²) in [4.78, 5) is 10.7. The van der Waals surface area contributed by atoms with E-state index in [0.717, 1.165) is 45.6 Å². The molecule has 0 heterocycles. The number of aldehydes is 1. The predicted molar refractivity (Wildman–Crippen MR) is 129 cm³/mol. The molecule has 0 aliphatic rings. The topological polar surface area (TPSA) is 35.5 Å². The maximum absolute atomic E-state index is 10.7. The van der Waals surface area contributed by atoms with Crippen LogP contribution in [0, 0.1) is 0 Å². The van der Waals surface area contributed by atoms with Crippen molar-refractivity contribution in [1.29, 1.82) is 0 Å². The first kappa shape index (κ1) is 21.1. The van der Waals surface area contributed by atoms with Gasteiger partial charge >= 0.3 is 0 Å². The number of carbonyl (C=O) groups is 1. The number of ether oxygens (including phenoxy) is 2. The van der Waals surface area contributed by atoms with E-state index in [9.17, 15) is 4.79 Å². The molecule has 4 aromatic carbocycles. The summed E-state index contributed by atoms with van der Waals surface area (Å²) < 4.78 is 12.3. The Kier molecular flexibility index (Phi) is 7.12. The molecule has 32 heavy (non-hydrogen) atoms. The lowest BCUT2D eigenvalue weighted by atomic mass is 10.0. The Morgan fingerprint density at radius 2 is 1.34 bits per heavy atom. The summed E-state index contributed by atoms with van der Waals surface area (Å²) >= 11 is 0. The molecule has 4 rings (SSSR count). The highest BCUT2D eigenvalue weighted by atomic mass is 16.5. The Bertz CT molecular complexity index is 1180. The Morgan fingerprint density at radius 1 is 0.656 bits per heavy atom. The van der Waals surface area contributed by atoms with E-state index in [0.29, 0.717) is 13.2 Å². The van der Waals surface area contributed by atoms with Crippen LogP contribution in [0.1, 0.15) is 16.7 Å². The molecule has 0 unspecified atom stereocenters. The fraction of sp³-hybridized carbons (Fsp3) is 0.0690. The van der Waals surface area contributed by atoms with Crippen LogP contribution in [0.3, 0.4) is 0 Å². The van der Waals surface area contributed by atoms with Crippen molar-refractivity contribution < 1.29 is 14.3 Å². The molecule has 0 aromatic heterocycles. The highest BCUT2D eigenvalue weighted by Crippen LogP contribution is 2.35. The van der Waals surface area contributed by atoms with Gasteiger partial charge in [-0.25, -0.2) is 0 Å². The van der Waals surface area contributed by atoms with Crippen molar-refractivity contribution in [1.82, 2.24) is 0 Å². The lowest BCUT2D eigenvalue weighted by molar-refractivity contribution is -0.104. The third-order valence-corrected chi connectivity index (χ3v) is 5.00. The molecule has 0 amide bonds. The molecule has 0 bridgehead atoms. The van der Waals surface area contributed by atoms with Crippen molar-refractivity contribution in [3.05, 3.63) is 126 Å². The second-order valence-electron chi connectivity index (χ2n) is 7.33. The molecule has 0 spiro atoms. The van der Waals surface area contributed by atoms with Crippen LogP contribution in [-0.2, 0) is 18.0 Å². The van der Waals surface area contributed by atoms with E-state index in [2.05, 4.69) is 0 Å². The predicted octanol–water partition coefficient (Wildman–Crippen LogP) is 6.72. The number of allylic oxidation sites excluding steroid dienone is 1. The lowest BCUT2D eigenvalue weighted by Gasteiger charge is -2.15. The van der Waals surface area contributed by atoms with Crippen LogP contribution in [0.2, 0.25) is 0 Å². The Balaban J connectivity index is 1.62. The first-order valence-corrected chi connectivity index (χ1v) is 10.5. The van der Waals surface area contributed by atoms with Gasteiger partial charge in [-0.15, -0.1) is 0 Å². The zero-order chi connectivity index (χ0) is 22.0. The Hall–Kier alpha value is -4.11. The molecule has 0 N–H and O–H groups in total. The normalized spacial score (nSPS) is 10.8. The molecule has 0 aliphatic carbocycles. The molecule has 0 radical (unpaired) electrons. The van der Waals surface area contributed by atoms with E-state index >= 15 is 0 Å². The fourth-order valence-electron chi connectivity index (χ4n) is 3.39. The molecular weight excluding hydrogens is 396 g/mol. The average molecular weight is 421 g/mol. The molecule has 0 saturated heterocycles. The van der Waals surface area contributed by atoms with Gasteiger partial charge in [0.05, 0.1) is 0 Å². The van der Waals surface area contributed by atoms with Gasteiger partial charge in [0, 0.05) is 11.6 Å². The van der Waals surface area contributed by atoms with Crippen molar-refractivity contribution in [2.24, 2.45) is 0 Å². The third kappa shape index (κ3) is 5.73. The van der Waals surface area contributed by atoms with E-state index in [-0.39, 0.29) is 0 Å². The summed E-state index contributed by atoms with van der Waals surface area (Å²) in [6, 6.07) is 34.1. The van der Waals surface area contributed by atoms with Gasteiger partial charge in [0.15, 0.2) is 0 Å². The highest BCUT2D eigenvalue weighted by molar-refractivity contribution is 5.77. The van der Waals surface area contributed by atoms with Crippen molar-refractivity contribution in [2.45, 2.75) is 13.2 Å². The minimum Gasteiger partial charge on any atom is -0.489 e. The van der Waals surface area contributed by atoms with Gasteiger partial charge in [-0.2, -0.15) is 0 Å². The fourth-order valence-corrected chi connectivity index (χ4v) is 3.39. The quantitative estimate of drug-likeness (QED) is 0.223. The molecular formula is C29H24O3. The van der Waals surface area contributed by atoms with Gasteiger partial charge in [0.25, 0.3) is 0 Å². The zero-order valence-electron chi connectivity index (χ0n) is 17.7. The summed E-state index contributed by atoms with van der Waals surface area (Å²) in [6.45, 7) is 0.949.